The molecule has 0 aliphatic carbocycles. The van der Waals surface area contributed by atoms with Crippen molar-refractivity contribution in [2.45, 2.75) is 13.0 Å². The van der Waals surface area contributed by atoms with Crippen molar-refractivity contribution >= 4 is 5.91 Å². The number of nitrogens with zero attached hydrogens (tertiary/aromatic N) is 4. The second-order valence-corrected chi connectivity index (χ2v) is 7.71. The molecule has 3 aromatic rings. The second-order valence-electron chi connectivity index (χ2n) is 7.71. The molecular formula is C24H25FN4O2. The van der Waals surface area contributed by atoms with Gasteiger partial charge in [0.25, 0.3) is 5.56 Å². The summed E-state index contributed by atoms with van der Waals surface area (Å²) in [7, 11) is 0. The fraction of sp³-hybridized carbons (Fsp3) is 0.292. The van der Waals surface area contributed by atoms with E-state index in [0.717, 1.165) is 26.1 Å². The molecule has 0 spiro atoms. The molecule has 1 aromatic heterocycles. The van der Waals surface area contributed by atoms with E-state index in [1.807, 2.05) is 6.07 Å². The van der Waals surface area contributed by atoms with E-state index in [4.69, 9.17) is 0 Å². The highest BCUT2D eigenvalue weighted by molar-refractivity contribution is 5.76. The summed E-state index contributed by atoms with van der Waals surface area (Å²) in [5.74, 6) is -0.427. The van der Waals surface area contributed by atoms with Crippen LogP contribution in [0.2, 0.25) is 0 Å². The Balaban J connectivity index is 1.29. The van der Waals surface area contributed by atoms with Crippen LogP contribution in [0.4, 0.5) is 4.39 Å². The summed E-state index contributed by atoms with van der Waals surface area (Å²) in [4.78, 5) is 33.5. The molecular weight excluding hydrogens is 395 g/mol. The van der Waals surface area contributed by atoms with Crippen LogP contribution in [-0.4, -0.2) is 58.0 Å². The van der Waals surface area contributed by atoms with Gasteiger partial charge in [0.1, 0.15) is 12.4 Å². The SMILES string of the molecule is O=C(Cn1cnc(-c2ccc(F)cc2)cc1=O)N1CCN(CCc2ccccc2)CC1. The largest absolute Gasteiger partial charge is 0.339 e. The van der Waals surface area contributed by atoms with E-state index in [0.29, 0.717) is 24.3 Å². The monoisotopic (exact) mass is 420 g/mol. The molecule has 1 fully saturated rings. The Kier molecular flexibility index (Phi) is 6.52. The van der Waals surface area contributed by atoms with Gasteiger partial charge in [-0.25, -0.2) is 9.37 Å². The maximum atomic E-state index is 13.1. The summed E-state index contributed by atoms with van der Waals surface area (Å²) in [6.07, 6.45) is 2.38. The molecule has 1 aliphatic heterocycles. The molecule has 7 heteroatoms. The van der Waals surface area contributed by atoms with Crippen LogP contribution in [0.25, 0.3) is 11.3 Å². The summed E-state index contributed by atoms with van der Waals surface area (Å²) in [6.45, 7) is 3.91. The number of halogens is 1. The molecule has 1 amide bonds. The molecule has 0 radical (unpaired) electrons. The molecule has 2 heterocycles. The maximum absolute atomic E-state index is 13.1. The quantitative estimate of drug-likeness (QED) is 0.615. The molecule has 0 unspecified atom stereocenters. The number of aromatic nitrogens is 2. The average molecular weight is 420 g/mol. The van der Waals surface area contributed by atoms with Crippen molar-refractivity contribution in [2.24, 2.45) is 0 Å². The molecule has 1 aliphatic rings. The van der Waals surface area contributed by atoms with E-state index in [-0.39, 0.29) is 23.8 Å². The highest BCUT2D eigenvalue weighted by Gasteiger charge is 2.21. The van der Waals surface area contributed by atoms with Crippen molar-refractivity contribution in [1.82, 2.24) is 19.4 Å². The van der Waals surface area contributed by atoms with E-state index in [9.17, 15) is 14.0 Å². The molecule has 0 bridgehead atoms. The lowest BCUT2D eigenvalue weighted by Crippen LogP contribution is -2.50. The van der Waals surface area contributed by atoms with Gasteiger partial charge in [-0.05, 0) is 36.2 Å². The Morgan fingerprint density at radius 3 is 2.35 bits per heavy atom. The molecule has 0 saturated carbocycles. The molecule has 6 nitrogen and oxygen atoms in total. The van der Waals surface area contributed by atoms with Crippen LogP contribution in [0, 0.1) is 5.82 Å². The number of benzene rings is 2. The number of hydrogen-bond acceptors (Lipinski definition) is 4. The van der Waals surface area contributed by atoms with Gasteiger partial charge in [0.15, 0.2) is 0 Å². The predicted molar refractivity (Wildman–Crippen MR) is 117 cm³/mol. The summed E-state index contributed by atoms with van der Waals surface area (Å²) < 4.78 is 14.4. The summed E-state index contributed by atoms with van der Waals surface area (Å²) in [6, 6.07) is 17.6. The van der Waals surface area contributed by atoms with E-state index in [1.165, 1.54) is 34.7 Å². The Labute approximate surface area is 180 Å². The Morgan fingerprint density at radius 1 is 0.968 bits per heavy atom. The molecule has 0 N–H and O–H groups in total. The number of carbonyl (C=O) groups is 1. The number of carbonyl (C=O) groups excluding carboxylic acids is 1. The molecule has 4 rings (SSSR count). The first kappa shape index (κ1) is 20.9. The van der Waals surface area contributed by atoms with Crippen LogP contribution in [0.5, 0.6) is 0 Å². The van der Waals surface area contributed by atoms with Gasteiger partial charge in [-0.1, -0.05) is 30.3 Å². The first-order valence-corrected chi connectivity index (χ1v) is 10.4. The zero-order valence-electron chi connectivity index (χ0n) is 17.3. The fourth-order valence-electron chi connectivity index (χ4n) is 3.72. The topological polar surface area (TPSA) is 58.4 Å². The second kappa shape index (κ2) is 9.66. The van der Waals surface area contributed by atoms with Crippen molar-refractivity contribution in [3.63, 3.8) is 0 Å². The van der Waals surface area contributed by atoms with Gasteiger partial charge in [-0.2, -0.15) is 0 Å². The first-order valence-electron chi connectivity index (χ1n) is 10.4. The Morgan fingerprint density at radius 2 is 1.68 bits per heavy atom. The average Bonchev–Trinajstić information content (AvgIpc) is 2.80. The van der Waals surface area contributed by atoms with E-state index < -0.39 is 0 Å². The number of rotatable bonds is 6. The molecule has 160 valence electrons. The lowest BCUT2D eigenvalue weighted by molar-refractivity contribution is -0.133. The smallest absolute Gasteiger partial charge is 0.254 e. The van der Waals surface area contributed by atoms with Crippen LogP contribution in [-0.2, 0) is 17.8 Å². The maximum Gasteiger partial charge on any atom is 0.254 e. The third-order valence-corrected chi connectivity index (χ3v) is 5.61. The first-order chi connectivity index (χ1) is 15.1. The van der Waals surface area contributed by atoms with Gasteiger partial charge >= 0.3 is 0 Å². The zero-order chi connectivity index (χ0) is 21.6. The Bertz CT molecular complexity index is 1070. The van der Waals surface area contributed by atoms with Crippen molar-refractivity contribution in [3.8, 4) is 11.3 Å². The van der Waals surface area contributed by atoms with Crippen LogP contribution in [0.1, 0.15) is 5.56 Å². The highest BCUT2D eigenvalue weighted by Crippen LogP contribution is 2.15. The summed E-state index contributed by atoms with van der Waals surface area (Å²) in [5, 5.41) is 0. The normalized spacial score (nSPS) is 14.5. The number of piperazine rings is 1. The minimum atomic E-state index is -0.345. The fourth-order valence-corrected chi connectivity index (χ4v) is 3.72. The lowest BCUT2D eigenvalue weighted by Gasteiger charge is -2.34. The van der Waals surface area contributed by atoms with E-state index in [1.54, 1.807) is 17.0 Å². The minimum Gasteiger partial charge on any atom is -0.339 e. The van der Waals surface area contributed by atoms with Crippen LogP contribution in [0.3, 0.4) is 0 Å². The van der Waals surface area contributed by atoms with Gasteiger partial charge in [0.05, 0.1) is 12.0 Å². The molecule has 0 atom stereocenters. The summed E-state index contributed by atoms with van der Waals surface area (Å²) in [5.41, 5.74) is 2.13. The predicted octanol–water partition coefficient (Wildman–Crippen LogP) is 2.44. The van der Waals surface area contributed by atoms with Gasteiger partial charge < -0.3 is 4.90 Å². The van der Waals surface area contributed by atoms with Crippen LogP contribution < -0.4 is 5.56 Å². The van der Waals surface area contributed by atoms with Crippen molar-refractivity contribution in [2.75, 3.05) is 32.7 Å². The number of amides is 1. The third kappa shape index (κ3) is 5.44. The summed E-state index contributed by atoms with van der Waals surface area (Å²) >= 11 is 0. The zero-order valence-corrected chi connectivity index (χ0v) is 17.3. The number of hydrogen-bond donors (Lipinski definition) is 0. The van der Waals surface area contributed by atoms with Crippen LogP contribution in [0.15, 0.2) is 71.8 Å². The highest BCUT2D eigenvalue weighted by atomic mass is 19.1. The minimum absolute atomic E-state index is 0.0282. The van der Waals surface area contributed by atoms with Crippen molar-refractivity contribution < 1.29 is 9.18 Å². The van der Waals surface area contributed by atoms with Crippen molar-refractivity contribution in [1.29, 1.82) is 0 Å². The van der Waals surface area contributed by atoms with E-state index >= 15 is 0 Å². The molecule has 1 saturated heterocycles. The van der Waals surface area contributed by atoms with Gasteiger partial charge in [0.2, 0.25) is 5.91 Å². The van der Waals surface area contributed by atoms with Gasteiger partial charge in [-0.3, -0.25) is 19.1 Å². The van der Waals surface area contributed by atoms with Gasteiger partial charge in [-0.15, -0.1) is 0 Å². The van der Waals surface area contributed by atoms with Crippen LogP contribution >= 0.6 is 0 Å². The van der Waals surface area contributed by atoms with Gasteiger partial charge in [0, 0.05) is 44.4 Å². The van der Waals surface area contributed by atoms with Crippen molar-refractivity contribution in [3.05, 3.63) is 88.7 Å². The van der Waals surface area contributed by atoms with E-state index in [2.05, 4.69) is 34.1 Å². The molecule has 31 heavy (non-hydrogen) atoms. The lowest BCUT2D eigenvalue weighted by atomic mass is 10.1. The third-order valence-electron chi connectivity index (χ3n) is 5.61. The molecule has 2 aromatic carbocycles. The standard InChI is InChI=1S/C24H25FN4O2/c25-21-8-6-20(7-9-21)22-16-23(30)29(18-26-22)17-24(31)28-14-12-27(13-15-28)11-10-19-4-2-1-3-5-19/h1-9,16,18H,10-15,17H2. The Hall–Kier alpha value is -3.32.